The molecule has 1 heterocycles. The lowest BCUT2D eigenvalue weighted by Crippen LogP contribution is -2.46. The van der Waals surface area contributed by atoms with Gasteiger partial charge in [0.05, 0.1) is 6.04 Å². The second kappa shape index (κ2) is 18.3. The van der Waals surface area contributed by atoms with Gasteiger partial charge in [-0.25, -0.2) is 18.4 Å². The highest BCUT2D eigenvalue weighted by molar-refractivity contribution is 6.12. The molecule has 5 N–H and O–H groups in total. The number of carbonyl (C=O) groups excluding carboxylic acids is 7. The van der Waals surface area contributed by atoms with E-state index in [1.165, 1.54) is 12.2 Å². The van der Waals surface area contributed by atoms with Gasteiger partial charge in [0, 0.05) is 50.1 Å². The fraction of sp³-hybridized carbons (Fsp3) is 0.500. The number of esters is 1. The Bertz CT molecular complexity index is 1360. The van der Waals surface area contributed by atoms with Crippen LogP contribution in [0.3, 0.4) is 0 Å². The van der Waals surface area contributed by atoms with Crippen LogP contribution in [0.5, 0.6) is 5.75 Å². The van der Waals surface area contributed by atoms with Crippen LogP contribution in [0.25, 0.3) is 0 Å². The van der Waals surface area contributed by atoms with Crippen molar-refractivity contribution in [3.8, 4) is 5.75 Å². The molecule has 0 bridgehead atoms. The van der Waals surface area contributed by atoms with E-state index in [0.717, 1.165) is 4.90 Å². The van der Waals surface area contributed by atoms with Gasteiger partial charge in [-0.05, 0) is 31.6 Å². The van der Waals surface area contributed by atoms with Crippen molar-refractivity contribution in [1.82, 2.24) is 20.9 Å². The Hall–Kier alpha value is -4.83. The SMILES string of the molecule is CC(C)[C@H](NC(=O)CCCCCN1C(=O)C=CC1=O)C(=O)C[C@@H](CCCNC(N)=O)C(=O)NCC(=O)Oc1c(F)c(F)cc(F)c1F. The Kier molecular flexibility index (Phi) is 15.0. The molecule has 2 rings (SSSR count). The third kappa shape index (κ3) is 12.1. The van der Waals surface area contributed by atoms with Gasteiger partial charge in [0.2, 0.25) is 29.2 Å². The van der Waals surface area contributed by atoms with Crippen molar-refractivity contribution in [2.75, 3.05) is 19.6 Å². The van der Waals surface area contributed by atoms with Crippen LogP contribution in [-0.2, 0) is 28.8 Å². The van der Waals surface area contributed by atoms with Gasteiger partial charge in [-0.3, -0.25) is 28.9 Å². The number of unbranched alkanes of at least 4 members (excludes halogenated alkanes) is 2. The van der Waals surface area contributed by atoms with E-state index in [9.17, 15) is 51.1 Å². The number of primary amides is 1. The molecule has 1 aliphatic heterocycles. The van der Waals surface area contributed by atoms with Crippen molar-refractivity contribution in [2.45, 2.75) is 64.8 Å². The normalized spacial score (nSPS) is 13.8. The molecular weight excluding hydrogens is 634 g/mol. The maximum Gasteiger partial charge on any atom is 0.331 e. The van der Waals surface area contributed by atoms with Gasteiger partial charge in [0.15, 0.2) is 17.4 Å². The van der Waals surface area contributed by atoms with Crippen LogP contribution < -0.4 is 26.4 Å². The smallest absolute Gasteiger partial charge is 0.331 e. The zero-order valence-electron chi connectivity index (χ0n) is 25.8. The number of benzene rings is 1. The van der Waals surface area contributed by atoms with Crippen molar-refractivity contribution in [1.29, 1.82) is 0 Å². The summed E-state index contributed by atoms with van der Waals surface area (Å²) >= 11 is 0. The van der Waals surface area contributed by atoms with Crippen molar-refractivity contribution >= 4 is 41.4 Å². The summed E-state index contributed by atoms with van der Waals surface area (Å²) < 4.78 is 58.9. The summed E-state index contributed by atoms with van der Waals surface area (Å²) in [5, 5.41) is 7.14. The number of hydrogen-bond acceptors (Lipinski definition) is 8. The number of nitrogens with two attached hydrogens (primary N) is 1. The van der Waals surface area contributed by atoms with E-state index in [1.54, 1.807) is 13.8 Å². The number of nitrogens with one attached hydrogen (secondary N) is 3. The first kappa shape index (κ1) is 38.4. The van der Waals surface area contributed by atoms with Crippen molar-refractivity contribution in [3.05, 3.63) is 41.5 Å². The second-order valence-electron chi connectivity index (χ2n) is 11.1. The molecule has 0 unspecified atom stereocenters. The van der Waals surface area contributed by atoms with Gasteiger partial charge in [0.25, 0.3) is 11.8 Å². The summed E-state index contributed by atoms with van der Waals surface area (Å²) in [6, 6.07) is -1.89. The number of ether oxygens (including phenoxy) is 1. The predicted octanol–water partition coefficient (Wildman–Crippen LogP) is 1.91. The minimum absolute atomic E-state index is 0.00156. The van der Waals surface area contributed by atoms with E-state index in [4.69, 9.17) is 5.73 Å². The minimum atomic E-state index is -1.96. The van der Waals surface area contributed by atoms with E-state index in [1.807, 2.05) is 0 Å². The van der Waals surface area contributed by atoms with Gasteiger partial charge in [-0.1, -0.05) is 20.3 Å². The van der Waals surface area contributed by atoms with Gasteiger partial charge in [-0.15, -0.1) is 0 Å². The highest BCUT2D eigenvalue weighted by Gasteiger charge is 2.30. The molecule has 1 aromatic rings. The number of rotatable bonds is 19. The molecule has 17 heteroatoms. The first-order chi connectivity index (χ1) is 22.1. The molecule has 0 aromatic heterocycles. The number of hydrogen-bond donors (Lipinski definition) is 4. The lowest BCUT2D eigenvalue weighted by atomic mass is 9.89. The van der Waals surface area contributed by atoms with E-state index in [-0.39, 0.29) is 38.4 Å². The lowest BCUT2D eigenvalue weighted by Gasteiger charge is -2.24. The third-order valence-electron chi connectivity index (χ3n) is 7.06. The van der Waals surface area contributed by atoms with Crippen LogP contribution in [0.1, 0.15) is 58.8 Å². The summed E-state index contributed by atoms with van der Waals surface area (Å²) in [5.41, 5.74) is 5.04. The van der Waals surface area contributed by atoms with Gasteiger partial charge >= 0.3 is 12.0 Å². The Morgan fingerprint density at radius 3 is 2.09 bits per heavy atom. The molecule has 258 valence electrons. The summed E-state index contributed by atoms with van der Waals surface area (Å²) in [6.07, 6.45) is 3.60. The van der Waals surface area contributed by atoms with Crippen molar-refractivity contribution in [2.24, 2.45) is 17.6 Å². The molecule has 6 amide bonds. The van der Waals surface area contributed by atoms with Gasteiger partial charge in [0.1, 0.15) is 6.54 Å². The highest BCUT2D eigenvalue weighted by Crippen LogP contribution is 2.26. The largest absolute Gasteiger partial charge is 0.419 e. The molecule has 0 radical (unpaired) electrons. The fourth-order valence-corrected chi connectivity index (χ4v) is 4.60. The number of imide groups is 1. The monoisotopic (exact) mass is 671 g/mol. The predicted molar refractivity (Wildman–Crippen MR) is 156 cm³/mol. The average Bonchev–Trinajstić information content (AvgIpc) is 3.32. The maximum atomic E-state index is 13.8. The molecular formula is C30H37F4N5O8. The second-order valence-corrected chi connectivity index (χ2v) is 11.1. The molecule has 1 aromatic carbocycles. The van der Waals surface area contributed by atoms with Crippen LogP contribution in [0.15, 0.2) is 18.2 Å². The van der Waals surface area contributed by atoms with E-state index in [2.05, 4.69) is 20.7 Å². The standard InChI is InChI=1S/C30H37F4N5O8/c1-16(2)27(38-21(41)8-4-3-5-12-39-22(42)9-10-23(39)43)20(40)13-17(7-6-11-36-30(35)46)29(45)37-15-24(44)47-28-25(33)18(31)14-19(32)26(28)34/h9-10,14,16-17,27H,3-8,11-13,15H2,1-2H3,(H,37,45)(H,38,41)(H3,35,36,46)/t17-,27+/m1/s1. The highest BCUT2D eigenvalue weighted by atomic mass is 19.2. The van der Waals surface area contributed by atoms with Crippen molar-refractivity contribution < 1.29 is 55.9 Å². The van der Waals surface area contributed by atoms with Crippen LogP contribution in [0.2, 0.25) is 0 Å². The Morgan fingerprint density at radius 1 is 0.894 bits per heavy atom. The third-order valence-corrected chi connectivity index (χ3v) is 7.06. The Labute approximate surface area is 267 Å². The topological polar surface area (TPSA) is 194 Å². The van der Waals surface area contributed by atoms with Crippen LogP contribution >= 0.6 is 0 Å². The number of amides is 6. The molecule has 47 heavy (non-hydrogen) atoms. The molecule has 0 aliphatic carbocycles. The van der Waals surface area contributed by atoms with Crippen LogP contribution in [0, 0.1) is 35.1 Å². The van der Waals surface area contributed by atoms with Crippen LogP contribution in [0.4, 0.5) is 22.4 Å². The summed E-state index contributed by atoms with van der Waals surface area (Å²) in [7, 11) is 0. The molecule has 13 nitrogen and oxygen atoms in total. The van der Waals surface area contributed by atoms with E-state index < -0.39 is 101 Å². The number of halogens is 4. The first-order valence-corrected chi connectivity index (χ1v) is 14.8. The Morgan fingerprint density at radius 2 is 1.51 bits per heavy atom. The average molecular weight is 672 g/mol. The minimum Gasteiger partial charge on any atom is -0.419 e. The van der Waals surface area contributed by atoms with Crippen molar-refractivity contribution in [3.63, 3.8) is 0 Å². The number of urea groups is 1. The lowest BCUT2D eigenvalue weighted by molar-refractivity contribution is -0.137. The molecule has 0 saturated heterocycles. The molecule has 2 atom stereocenters. The summed E-state index contributed by atoms with van der Waals surface area (Å²) in [4.78, 5) is 86.3. The zero-order valence-corrected chi connectivity index (χ0v) is 25.8. The number of nitrogens with zero attached hydrogens (tertiary/aromatic N) is 1. The fourth-order valence-electron chi connectivity index (χ4n) is 4.60. The summed E-state index contributed by atoms with van der Waals surface area (Å²) in [6.45, 7) is 2.63. The van der Waals surface area contributed by atoms with Crippen LogP contribution in [-0.4, -0.2) is 72.0 Å². The molecule has 0 saturated carbocycles. The first-order valence-electron chi connectivity index (χ1n) is 14.8. The quantitative estimate of drug-likeness (QED) is 0.0428. The Balaban J connectivity index is 1.96. The van der Waals surface area contributed by atoms with E-state index in [0.29, 0.717) is 19.3 Å². The molecule has 0 fully saturated rings. The van der Waals surface area contributed by atoms with Gasteiger partial charge in [-0.2, -0.15) is 8.78 Å². The number of carbonyl (C=O) groups is 7. The zero-order chi connectivity index (χ0) is 35.3. The van der Waals surface area contributed by atoms with E-state index >= 15 is 0 Å². The molecule has 1 aliphatic rings. The maximum absolute atomic E-state index is 13.8. The summed E-state index contributed by atoms with van der Waals surface area (Å²) in [5.74, 6) is -14.7. The molecule has 0 spiro atoms. The number of Topliss-reactive ketones (excluding diaryl/α,β-unsaturated/α-hetero) is 1. The van der Waals surface area contributed by atoms with Gasteiger partial charge < -0.3 is 26.4 Å². The number of ketones is 1.